The fraction of sp³-hybridized carbons (Fsp3) is 0.417. The molecule has 0 aromatic heterocycles. The highest BCUT2D eigenvalue weighted by Gasteiger charge is 2.37. The van der Waals surface area contributed by atoms with Crippen LogP contribution < -0.4 is 5.46 Å². The molecule has 0 heterocycles. The molecular weight excluding hydrogens is 425 g/mol. The van der Waals surface area contributed by atoms with Crippen LogP contribution >= 0.6 is 15.9 Å². The molecule has 1 radical (unpaired) electrons. The van der Waals surface area contributed by atoms with Crippen LogP contribution in [-0.2, 0) is 4.65 Å². The van der Waals surface area contributed by atoms with Gasteiger partial charge in [0.25, 0.3) is 0 Å². The molecular formula is C12H12BBrN9O4. The van der Waals surface area contributed by atoms with E-state index in [2.05, 4.69) is 46.0 Å². The number of benzene rings is 1. The number of carbonyl (C=O) groups is 1. The second kappa shape index (κ2) is 10.9. The summed E-state index contributed by atoms with van der Waals surface area (Å²) < 4.78 is 6.03. The summed E-state index contributed by atoms with van der Waals surface area (Å²) in [5.41, 5.74) is 24.2. The van der Waals surface area contributed by atoms with E-state index in [1.807, 2.05) is 0 Å². The third-order valence-corrected chi connectivity index (χ3v) is 3.78. The van der Waals surface area contributed by atoms with Gasteiger partial charge in [0.15, 0.2) is 0 Å². The van der Waals surface area contributed by atoms with Crippen LogP contribution in [0.2, 0.25) is 0 Å². The maximum Gasteiger partial charge on any atom is 0.335 e. The van der Waals surface area contributed by atoms with Crippen LogP contribution in [0, 0.1) is 0 Å². The van der Waals surface area contributed by atoms with Gasteiger partial charge in [-0.25, -0.2) is 4.79 Å². The summed E-state index contributed by atoms with van der Waals surface area (Å²) in [7, 11) is 1.12. The van der Waals surface area contributed by atoms with E-state index in [4.69, 9.17) is 26.4 Å². The first-order valence-corrected chi connectivity index (χ1v) is 7.93. The third-order valence-electron chi connectivity index (χ3n) is 3.33. The van der Waals surface area contributed by atoms with Gasteiger partial charge in [-0.15, -0.1) is 0 Å². The molecule has 0 amide bonds. The van der Waals surface area contributed by atoms with Crippen LogP contribution in [0.25, 0.3) is 31.3 Å². The van der Waals surface area contributed by atoms with Gasteiger partial charge in [-0.2, -0.15) is 0 Å². The maximum atomic E-state index is 11.1. The topological polar surface area (TPSA) is 213 Å². The number of rotatable bonds is 11. The van der Waals surface area contributed by atoms with Gasteiger partial charge in [0.05, 0.1) is 36.9 Å². The molecule has 0 aliphatic heterocycles. The van der Waals surface area contributed by atoms with Gasteiger partial charge in [0.2, 0.25) is 0 Å². The maximum absolute atomic E-state index is 11.1. The smallest absolute Gasteiger partial charge is 0.335 e. The SMILES string of the molecule is [N-]=[N+]=NCC(O)C(CN=[N+]=[N-])(CN=[N+]=[N-])O[B]c1cc(Br)cc(C(=O)O)c1. The molecule has 0 bridgehead atoms. The molecule has 2 N–H and O–H groups in total. The average Bonchev–Trinajstić information content (AvgIpc) is 2.65. The number of halogens is 1. The number of nitrogens with zero attached hydrogens (tertiary/aromatic N) is 9. The highest BCUT2D eigenvalue weighted by molar-refractivity contribution is 9.10. The molecule has 13 nitrogen and oxygen atoms in total. The molecule has 1 unspecified atom stereocenters. The Bertz CT molecular complexity index is 814. The quantitative estimate of drug-likeness (QED) is 0.231. The van der Waals surface area contributed by atoms with Crippen molar-refractivity contribution < 1.29 is 19.7 Å². The second-order valence-electron chi connectivity index (χ2n) is 5.09. The first-order chi connectivity index (χ1) is 12.9. The van der Waals surface area contributed by atoms with E-state index in [1.54, 1.807) is 0 Å². The van der Waals surface area contributed by atoms with E-state index in [9.17, 15) is 9.90 Å². The van der Waals surface area contributed by atoms with E-state index in [0.29, 0.717) is 9.94 Å². The van der Waals surface area contributed by atoms with Crippen molar-refractivity contribution in [2.75, 3.05) is 19.6 Å². The number of carboxylic acids is 1. The van der Waals surface area contributed by atoms with Gasteiger partial charge >= 0.3 is 13.5 Å². The van der Waals surface area contributed by atoms with E-state index in [1.165, 1.54) is 18.2 Å². The molecule has 139 valence electrons. The summed E-state index contributed by atoms with van der Waals surface area (Å²) in [6, 6.07) is 4.22. The first-order valence-electron chi connectivity index (χ1n) is 7.14. The Morgan fingerprint density at radius 2 is 1.78 bits per heavy atom. The summed E-state index contributed by atoms with van der Waals surface area (Å²) in [5, 5.41) is 29.4. The van der Waals surface area contributed by atoms with Crippen LogP contribution in [0.4, 0.5) is 0 Å². The molecule has 0 saturated carbocycles. The predicted molar refractivity (Wildman–Crippen MR) is 98.4 cm³/mol. The van der Waals surface area contributed by atoms with Crippen molar-refractivity contribution in [3.8, 4) is 0 Å². The minimum Gasteiger partial charge on any atom is -0.478 e. The molecule has 0 spiro atoms. The number of azide groups is 3. The van der Waals surface area contributed by atoms with Gasteiger partial charge in [-0.3, -0.25) is 0 Å². The number of carboxylic acid groups (broad SMARTS) is 1. The standard InChI is InChI=1S/C12H12BBrN9O4/c14-9-2-7(11(25)26)1-8(3-9)13-27-12(5-19-22-16,6-20-23-17)10(24)4-18-21-15/h1-3,10,24H,4-6H2,(H,25,26). The van der Waals surface area contributed by atoms with Crippen molar-refractivity contribution in [2.24, 2.45) is 15.3 Å². The molecule has 1 aromatic carbocycles. The molecule has 1 aromatic rings. The zero-order valence-corrected chi connectivity index (χ0v) is 15.2. The molecule has 1 rings (SSSR count). The Labute approximate surface area is 161 Å². The summed E-state index contributed by atoms with van der Waals surface area (Å²) in [6.45, 7) is -1.33. The van der Waals surface area contributed by atoms with Gasteiger partial charge in [-0.1, -0.05) is 48.9 Å². The van der Waals surface area contributed by atoms with E-state index < -0.39 is 37.3 Å². The number of aliphatic hydroxyl groups is 1. The lowest BCUT2D eigenvalue weighted by Crippen LogP contribution is -2.53. The Morgan fingerprint density at radius 3 is 2.30 bits per heavy atom. The Balaban J connectivity index is 3.21. The van der Waals surface area contributed by atoms with Gasteiger partial charge in [-0.05, 0) is 22.7 Å². The van der Waals surface area contributed by atoms with Crippen LogP contribution in [0.5, 0.6) is 0 Å². The van der Waals surface area contributed by atoms with Crippen molar-refractivity contribution in [3.63, 3.8) is 0 Å². The lowest BCUT2D eigenvalue weighted by Gasteiger charge is -2.35. The van der Waals surface area contributed by atoms with Crippen molar-refractivity contribution in [3.05, 3.63) is 59.6 Å². The van der Waals surface area contributed by atoms with Crippen LogP contribution in [-0.4, -0.2) is 55.0 Å². The largest absolute Gasteiger partial charge is 0.478 e. The zero-order valence-electron chi connectivity index (χ0n) is 13.6. The lowest BCUT2D eigenvalue weighted by atomic mass is 9.84. The molecule has 15 heteroatoms. The van der Waals surface area contributed by atoms with Gasteiger partial charge in [0.1, 0.15) is 0 Å². The minimum absolute atomic E-state index is 0.0236. The normalized spacial score (nSPS) is 13.1. The fourth-order valence-electron chi connectivity index (χ4n) is 1.99. The number of aromatic carboxylic acids is 1. The van der Waals surface area contributed by atoms with E-state index in [0.717, 1.165) is 7.48 Å². The summed E-state index contributed by atoms with van der Waals surface area (Å²) in [4.78, 5) is 18.9. The monoisotopic (exact) mass is 436 g/mol. The first kappa shape index (κ1) is 22.1. The molecule has 0 aliphatic carbocycles. The van der Waals surface area contributed by atoms with Crippen LogP contribution in [0.3, 0.4) is 0 Å². The molecule has 27 heavy (non-hydrogen) atoms. The Kier molecular flexibility index (Phi) is 8.96. The Hall–Kier alpha value is -2.92. The fourth-order valence-corrected chi connectivity index (χ4v) is 2.50. The second-order valence-corrected chi connectivity index (χ2v) is 6.00. The van der Waals surface area contributed by atoms with Crippen molar-refractivity contribution in [2.45, 2.75) is 11.7 Å². The number of hydrogen-bond acceptors (Lipinski definition) is 6. The predicted octanol–water partition coefficient (Wildman–Crippen LogP) is 2.44. The molecule has 0 saturated heterocycles. The highest BCUT2D eigenvalue weighted by Crippen LogP contribution is 2.20. The van der Waals surface area contributed by atoms with E-state index in [-0.39, 0.29) is 5.56 Å². The summed E-state index contributed by atoms with van der Waals surface area (Å²) in [5.74, 6) is -1.16. The van der Waals surface area contributed by atoms with E-state index >= 15 is 0 Å². The summed E-state index contributed by atoms with van der Waals surface area (Å²) >= 11 is 3.17. The number of hydrogen-bond donors (Lipinski definition) is 2. The van der Waals surface area contributed by atoms with Gasteiger partial charge < -0.3 is 14.9 Å². The van der Waals surface area contributed by atoms with Crippen molar-refractivity contribution >= 4 is 34.8 Å². The van der Waals surface area contributed by atoms with Crippen molar-refractivity contribution in [1.29, 1.82) is 0 Å². The molecule has 0 aliphatic rings. The van der Waals surface area contributed by atoms with Crippen LogP contribution in [0.15, 0.2) is 38.0 Å². The average molecular weight is 437 g/mol. The minimum atomic E-state index is -1.72. The zero-order chi connectivity index (χ0) is 20.3. The van der Waals surface area contributed by atoms with Gasteiger partial charge in [0, 0.05) is 19.2 Å². The highest BCUT2D eigenvalue weighted by atomic mass is 79.9. The molecule has 1 atom stereocenters. The lowest BCUT2D eigenvalue weighted by molar-refractivity contribution is -0.0337. The van der Waals surface area contributed by atoms with Crippen LogP contribution in [0.1, 0.15) is 10.4 Å². The van der Waals surface area contributed by atoms with Crippen molar-refractivity contribution in [1.82, 2.24) is 0 Å². The Morgan fingerprint density at radius 1 is 1.19 bits per heavy atom. The molecule has 0 fully saturated rings. The third kappa shape index (κ3) is 6.72. The number of aliphatic hydroxyl groups excluding tert-OH is 1. The summed E-state index contributed by atoms with van der Waals surface area (Å²) in [6.07, 6.45) is -1.48.